The molecule has 0 aromatic carbocycles. The molecular weight excluding hydrogens is 236 g/mol. The molecule has 2 unspecified atom stereocenters. The Balaban J connectivity index is 2.06. The van der Waals surface area contributed by atoms with E-state index in [1.165, 1.54) is 32.1 Å². The molecule has 1 aliphatic carbocycles. The van der Waals surface area contributed by atoms with Gasteiger partial charge in [0.05, 0.1) is 0 Å². The molecule has 2 fully saturated rings. The molecule has 1 heterocycles. The fourth-order valence-corrected chi connectivity index (χ4v) is 4.04. The minimum atomic E-state index is 0.415. The van der Waals surface area contributed by atoms with E-state index in [2.05, 4.69) is 38.0 Å². The number of hydrogen-bond donors (Lipinski definition) is 1. The van der Waals surface area contributed by atoms with Crippen molar-refractivity contribution in [3.8, 4) is 0 Å². The van der Waals surface area contributed by atoms with Crippen LogP contribution in [0.3, 0.4) is 0 Å². The van der Waals surface area contributed by atoms with E-state index in [4.69, 9.17) is 4.74 Å². The predicted molar refractivity (Wildman–Crippen MR) is 80.5 cm³/mol. The molecule has 1 saturated heterocycles. The van der Waals surface area contributed by atoms with Gasteiger partial charge in [-0.3, -0.25) is 4.90 Å². The normalized spacial score (nSPS) is 32.7. The van der Waals surface area contributed by atoms with E-state index >= 15 is 0 Å². The van der Waals surface area contributed by atoms with Crippen LogP contribution in [0.15, 0.2) is 0 Å². The highest BCUT2D eigenvalue weighted by Crippen LogP contribution is 2.38. The van der Waals surface area contributed by atoms with Gasteiger partial charge in [-0.2, -0.15) is 0 Å². The van der Waals surface area contributed by atoms with Crippen molar-refractivity contribution in [2.75, 3.05) is 26.8 Å². The third-order valence-corrected chi connectivity index (χ3v) is 5.26. The van der Waals surface area contributed by atoms with E-state index in [0.29, 0.717) is 23.5 Å². The second kappa shape index (κ2) is 6.55. The van der Waals surface area contributed by atoms with Crippen LogP contribution in [0.4, 0.5) is 0 Å². The minimum Gasteiger partial charge on any atom is -0.381 e. The Morgan fingerprint density at radius 2 is 1.89 bits per heavy atom. The number of nitrogens with one attached hydrogen (secondary N) is 1. The topological polar surface area (TPSA) is 24.5 Å². The molecule has 1 saturated carbocycles. The molecule has 3 heteroatoms. The zero-order chi connectivity index (χ0) is 13.9. The predicted octanol–water partition coefficient (Wildman–Crippen LogP) is 2.65. The van der Waals surface area contributed by atoms with Crippen LogP contribution in [-0.4, -0.2) is 49.8 Å². The lowest BCUT2D eigenvalue weighted by atomic mass is 9.70. The Bertz CT molecular complexity index is 274. The lowest BCUT2D eigenvalue weighted by molar-refractivity contribution is -0.00677. The Labute approximate surface area is 119 Å². The molecule has 1 aliphatic heterocycles. The van der Waals surface area contributed by atoms with Crippen molar-refractivity contribution >= 4 is 0 Å². The zero-order valence-corrected chi connectivity index (χ0v) is 13.2. The SMILES string of the molecule is CCNC1C(N(C)C2CCOCC2)CCCC1(C)C. The zero-order valence-electron chi connectivity index (χ0n) is 13.2. The van der Waals surface area contributed by atoms with Gasteiger partial charge >= 0.3 is 0 Å². The number of hydrogen-bond acceptors (Lipinski definition) is 3. The summed E-state index contributed by atoms with van der Waals surface area (Å²) in [5.41, 5.74) is 0.415. The first kappa shape index (κ1) is 15.3. The molecule has 0 aromatic rings. The van der Waals surface area contributed by atoms with Gasteiger partial charge in [0.1, 0.15) is 0 Å². The fourth-order valence-electron chi connectivity index (χ4n) is 4.04. The molecule has 2 aliphatic rings. The third-order valence-electron chi connectivity index (χ3n) is 5.26. The number of likely N-dealkylation sites (N-methyl/N-ethyl adjacent to an activating group) is 2. The van der Waals surface area contributed by atoms with E-state index in [-0.39, 0.29) is 0 Å². The molecule has 0 bridgehead atoms. The highest BCUT2D eigenvalue weighted by molar-refractivity contribution is 4.98. The number of ether oxygens (including phenoxy) is 1. The first-order chi connectivity index (χ1) is 9.06. The van der Waals surface area contributed by atoms with Crippen LogP contribution in [0.2, 0.25) is 0 Å². The van der Waals surface area contributed by atoms with Crippen LogP contribution in [0, 0.1) is 5.41 Å². The van der Waals surface area contributed by atoms with Crippen LogP contribution in [0.5, 0.6) is 0 Å². The first-order valence-corrected chi connectivity index (χ1v) is 8.09. The molecule has 0 amide bonds. The van der Waals surface area contributed by atoms with E-state index in [0.717, 1.165) is 19.8 Å². The van der Waals surface area contributed by atoms with Crippen LogP contribution >= 0.6 is 0 Å². The Kier molecular flexibility index (Phi) is 5.27. The average Bonchev–Trinajstić information content (AvgIpc) is 2.41. The van der Waals surface area contributed by atoms with Crippen molar-refractivity contribution in [3.63, 3.8) is 0 Å². The van der Waals surface area contributed by atoms with Gasteiger partial charge in [-0.15, -0.1) is 0 Å². The summed E-state index contributed by atoms with van der Waals surface area (Å²) in [6.45, 7) is 10.1. The van der Waals surface area contributed by atoms with Crippen LogP contribution in [0.25, 0.3) is 0 Å². The fraction of sp³-hybridized carbons (Fsp3) is 1.00. The first-order valence-electron chi connectivity index (χ1n) is 8.09. The maximum atomic E-state index is 5.51. The molecule has 0 aromatic heterocycles. The van der Waals surface area contributed by atoms with Crippen molar-refractivity contribution in [1.82, 2.24) is 10.2 Å². The summed E-state index contributed by atoms with van der Waals surface area (Å²) < 4.78 is 5.51. The van der Waals surface area contributed by atoms with Crippen molar-refractivity contribution < 1.29 is 4.74 Å². The molecular formula is C16H32N2O. The lowest BCUT2D eigenvalue weighted by Gasteiger charge is -2.50. The molecule has 3 nitrogen and oxygen atoms in total. The molecule has 2 rings (SSSR count). The Morgan fingerprint density at radius 3 is 2.53 bits per heavy atom. The van der Waals surface area contributed by atoms with E-state index in [1.807, 2.05) is 0 Å². The van der Waals surface area contributed by atoms with Crippen LogP contribution in [0.1, 0.15) is 52.9 Å². The molecule has 2 atom stereocenters. The molecule has 1 N–H and O–H groups in total. The molecule has 112 valence electrons. The maximum absolute atomic E-state index is 5.51. The summed E-state index contributed by atoms with van der Waals surface area (Å²) in [7, 11) is 2.34. The lowest BCUT2D eigenvalue weighted by Crippen LogP contribution is -2.60. The summed E-state index contributed by atoms with van der Waals surface area (Å²) in [5, 5.41) is 3.77. The Morgan fingerprint density at radius 1 is 1.21 bits per heavy atom. The molecule has 19 heavy (non-hydrogen) atoms. The second-order valence-corrected chi connectivity index (χ2v) is 6.99. The Hall–Kier alpha value is -0.120. The van der Waals surface area contributed by atoms with E-state index in [1.54, 1.807) is 0 Å². The van der Waals surface area contributed by atoms with E-state index < -0.39 is 0 Å². The highest BCUT2D eigenvalue weighted by atomic mass is 16.5. The van der Waals surface area contributed by atoms with Crippen molar-refractivity contribution in [1.29, 1.82) is 0 Å². The van der Waals surface area contributed by atoms with Gasteiger partial charge in [0, 0.05) is 31.3 Å². The summed E-state index contributed by atoms with van der Waals surface area (Å²) in [6, 6.07) is 2.03. The standard InChI is InChI=1S/C16H32N2O/c1-5-17-15-14(7-6-10-16(15,2)3)18(4)13-8-11-19-12-9-13/h13-15,17H,5-12H2,1-4H3. The van der Waals surface area contributed by atoms with Gasteiger partial charge in [-0.25, -0.2) is 0 Å². The second-order valence-electron chi connectivity index (χ2n) is 6.99. The van der Waals surface area contributed by atoms with E-state index in [9.17, 15) is 0 Å². The van der Waals surface area contributed by atoms with Crippen LogP contribution in [-0.2, 0) is 4.74 Å². The summed E-state index contributed by atoms with van der Waals surface area (Å²) >= 11 is 0. The molecule has 0 spiro atoms. The summed E-state index contributed by atoms with van der Waals surface area (Å²) in [5.74, 6) is 0. The monoisotopic (exact) mass is 268 g/mol. The molecule has 0 radical (unpaired) electrons. The maximum Gasteiger partial charge on any atom is 0.0480 e. The quantitative estimate of drug-likeness (QED) is 0.848. The van der Waals surface area contributed by atoms with Gasteiger partial charge in [-0.1, -0.05) is 27.2 Å². The van der Waals surface area contributed by atoms with Gasteiger partial charge < -0.3 is 10.1 Å². The van der Waals surface area contributed by atoms with Crippen molar-refractivity contribution in [2.45, 2.75) is 71.0 Å². The van der Waals surface area contributed by atoms with Gasteiger partial charge in [0.2, 0.25) is 0 Å². The highest BCUT2D eigenvalue weighted by Gasteiger charge is 2.41. The largest absolute Gasteiger partial charge is 0.381 e. The smallest absolute Gasteiger partial charge is 0.0480 e. The van der Waals surface area contributed by atoms with Gasteiger partial charge in [-0.05, 0) is 44.7 Å². The average molecular weight is 268 g/mol. The van der Waals surface area contributed by atoms with Gasteiger partial charge in [0.25, 0.3) is 0 Å². The third kappa shape index (κ3) is 3.50. The minimum absolute atomic E-state index is 0.415. The van der Waals surface area contributed by atoms with Crippen LogP contribution < -0.4 is 5.32 Å². The number of rotatable bonds is 4. The van der Waals surface area contributed by atoms with Crippen molar-refractivity contribution in [2.24, 2.45) is 5.41 Å². The summed E-state index contributed by atoms with van der Waals surface area (Å²) in [6.07, 6.45) is 6.46. The van der Waals surface area contributed by atoms with Gasteiger partial charge in [0.15, 0.2) is 0 Å². The number of nitrogens with zero attached hydrogens (tertiary/aromatic N) is 1. The van der Waals surface area contributed by atoms with Crippen molar-refractivity contribution in [3.05, 3.63) is 0 Å². The summed E-state index contributed by atoms with van der Waals surface area (Å²) in [4.78, 5) is 2.66.